The lowest BCUT2D eigenvalue weighted by Gasteiger charge is -2.10. The van der Waals surface area contributed by atoms with Crippen LogP contribution >= 0.6 is 11.8 Å². The predicted molar refractivity (Wildman–Crippen MR) is 129 cm³/mol. The van der Waals surface area contributed by atoms with E-state index in [2.05, 4.69) is 15.5 Å². The first kappa shape index (κ1) is 21.6. The fraction of sp³-hybridized carbons (Fsp3) is 0.160. The summed E-state index contributed by atoms with van der Waals surface area (Å²) in [5.74, 6) is 2.20. The van der Waals surface area contributed by atoms with Gasteiger partial charge in [-0.1, -0.05) is 55.1 Å². The number of ether oxygens (including phenoxy) is 2. The fourth-order valence-electron chi connectivity index (χ4n) is 3.01. The van der Waals surface area contributed by atoms with E-state index in [1.807, 2.05) is 91.9 Å². The van der Waals surface area contributed by atoms with E-state index in [1.54, 1.807) is 0 Å². The van der Waals surface area contributed by atoms with Crippen LogP contribution in [-0.2, 0) is 4.79 Å². The first-order chi connectivity index (χ1) is 15.7. The number of rotatable bonds is 8. The third-order valence-corrected chi connectivity index (χ3v) is 5.93. The minimum atomic E-state index is -0.123. The lowest BCUT2D eigenvalue weighted by atomic mass is 10.1. The maximum absolute atomic E-state index is 11.9. The molecule has 3 aromatic carbocycles. The highest BCUT2D eigenvalue weighted by Gasteiger charge is 2.28. The Morgan fingerprint density at radius 1 is 0.906 bits per heavy atom. The van der Waals surface area contributed by atoms with Gasteiger partial charge in [-0.3, -0.25) is 4.79 Å². The number of carbonyl (C=O) groups excluding carboxylic acids is 1. The van der Waals surface area contributed by atoms with Crippen LogP contribution in [0, 0.1) is 0 Å². The zero-order valence-corrected chi connectivity index (χ0v) is 18.4. The van der Waals surface area contributed by atoms with Gasteiger partial charge in [0.2, 0.25) is 5.91 Å². The third-order valence-electron chi connectivity index (χ3n) is 4.69. The molecule has 1 aliphatic rings. The minimum absolute atomic E-state index is 0.0315. The number of nitrogens with one attached hydrogen (secondary N) is 1. The number of thioether (sulfide) groups is 1. The highest BCUT2D eigenvalue weighted by Crippen LogP contribution is 2.23. The van der Waals surface area contributed by atoms with Crippen molar-refractivity contribution in [3.8, 4) is 17.2 Å². The van der Waals surface area contributed by atoms with Crippen molar-refractivity contribution in [2.24, 2.45) is 10.2 Å². The zero-order valence-electron chi connectivity index (χ0n) is 17.6. The lowest BCUT2D eigenvalue weighted by Crippen LogP contribution is -2.24. The smallest absolute Gasteiger partial charge is 0.239 e. The molecule has 0 radical (unpaired) electrons. The quantitative estimate of drug-likeness (QED) is 0.379. The molecule has 1 aliphatic heterocycles. The Morgan fingerprint density at radius 3 is 2.16 bits per heavy atom. The number of benzene rings is 3. The van der Waals surface area contributed by atoms with Crippen molar-refractivity contribution in [1.82, 2.24) is 5.32 Å². The molecule has 0 bridgehead atoms. The van der Waals surface area contributed by atoms with Crippen LogP contribution in [0.5, 0.6) is 17.2 Å². The monoisotopic (exact) mass is 445 g/mol. The normalized spacial score (nSPS) is 17.3. The number of hydrogen-bond donors (Lipinski definition) is 1. The molecule has 0 aliphatic carbocycles. The molecule has 1 heterocycles. The van der Waals surface area contributed by atoms with Crippen molar-refractivity contribution in [2.45, 2.75) is 18.6 Å². The van der Waals surface area contributed by atoms with Crippen molar-refractivity contribution < 1.29 is 14.3 Å². The van der Waals surface area contributed by atoms with Crippen LogP contribution in [0.1, 0.15) is 18.9 Å². The Morgan fingerprint density at radius 2 is 1.53 bits per heavy atom. The van der Waals surface area contributed by atoms with E-state index in [1.165, 1.54) is 11.8 Å². The van der Waals surface area contributed by atoms with Gasteiger partial charge < -0.3 is 14.8 Å². The number of nitrogens with zero attached hydrogens (tertiary/aromatic N) is 2. The summed E-state index contributed by atoms with van der Waals surface area (Å²) in [5.41, 5.74) is 1.49. The van der Waals surface area contributed by atoms with Crippen molar-refractivity contribution >= 4 is 28.5 Å². The molecular formula is C25H23N3O3S. The number of hydrogen-bond acceptors (Lipinski definition) is 6. The highest BCUT2D eigenvalue weighted by molar-refractivity contribution is 8.15. The Bertz CT molecular complexity index is 1100. The van der Waals surface area contributed by atoms with Crippen molar-refractivity contribution in [2.75, 3.05) is 6.61 Å². The van der Waals surface area contributed by atoms with Crippen molar-refractivity contribution in [3.05, 3.63) is 90.5 Å². The summed E-state index contributed by atoms with van der Waals surface area (Å²) < 4.78 is 11.8. The Labute approximate surface area is 191 Å². The van der Waals surface area contributed by atoms with E-state index in [4.69, 9.17) is 9.47 Å². The molecule has 1 unspecified atom stereocenters. The minimum Gasteiger partial charge on any atom is -0.487 e. The Kier molecular flexibility index (Phi) is 7.19. The average molecular weight is 446 g/mol. The van der Waals surface area contributed by atoms with Gasteiger partial charge >= 0.3 is 0 Å². The van der Waals surface area contributed by atoms with E-state index in [0.29, 0.717) is 10.9 Å². The van der Waals surface area contributed by atoms with Gasteiger partial charge in [0.1, 0.15) is 29.6 Å². The molecule has 0 saturated carbocycles. The Balaban J connectivity index is 1.53. The highest BCUT2D eigenvalue weighted by atomic mass is 32.2. The van der Waals surface area contributed by atoms with Gasteiger partial charge in [-0.25, -0.2) is 0 Å². The average Bonchev–Trinajstić information content (AvgIpc) is 3.20. The van der Waals surface area contributed by atoms with Gasteiger partial charge in [0.25, 0.3) is 0 Å². The number of amides is 1. The molecule has 4 rings (SSSR count). The molecule has 1 amide bonds. The molecule has 3 aromatic rings. The van der Waals surface area contributed by atoms with Crippen LogP contribution in [0.4, 0.5) is 0 Å². The maximum atomic E-state index is 11.9. The topological polar surface area (TPSA) is 72.3 Å². The number of amidine groups is 1. The summed E-state index contributed by atoms with van der Waals surface area (Å²) >= 11 is 1.40. The van der Waals surface area contributed by atoms with Crippen molar-refractivity contribution in [1.29, 1.82) is 0 Å². The maximum Gasteiger partial charge on any atom is 0.239 e. The van der Waals surface area contributed by atoms with Crippen LogP contribution in [0.15, 0.2) is 95.1 Å². The molecule has 162 valence electrons. The van der Waals surface area contributed by atoms with E-state index in [9.17, 15) is 4.79 Å². The summed E-state index contributed by atoms with van der Waals surface area (Å²) in [4.78, 5) is 11.9. The van der Waals surface area contributed by atoms with Gasteiger partial charge in [0.05, 0.1) is 5.25 Å². The lowest BCUT2D eigenvalue weighted by molar-refractivity contribution is -0.118. The van der Waals surface area contributed by atoms with E-state index in [0.717, 1.165) is 29.2 Å². The van der Waals surface area contributed by atoms with Gasteiger partial charge in [-0.05, 0) is 55.0 Å². The van der Waals surface area contributed by atoms with Crippen molar-refractivity contribution in [3.63, 3.8) is 0 Å². The molecule has 1 fully saturated rings. The standard InChI is InChI=1S/C25H23N3O3S/c1-2-23-24(29)26-25(32-23)28-27-22(17-30-19-9-5-3-6-10-19)18-13-15-21(16-14-18)31-20-11-7-4-8-12-20/h3-16,23H,2,17H2,1H3,(H,26,28,29)/b27-22+. The third kappa shape index (κ3) is 5.76. The van der Waals surface area contributed by atoms with Gasteiger partial charge in [-0.2, -0.15) is 0 Å². The molecule has 6 nitrogen and oxygen atoms in total. The molecule has 7 heteroatoms. The second kappa shape index (κ2) is 10.6. The first-order valence-electron chi connectivity index (χ1n) is 10.3. The largest absolute Gasteiger partial charge is 0.487 e. The molecule has 0 spiro atoms. The molecule has 32 heavy (non-hydrogen) atoms. The van der Waals surface area contributed by atoms with Crippen LogP contribution < -0.4 is 14.8 Å². The van der Waals surface area contributed by atoms with E-state index in [-0.39, 0.29) is 17.8 Å². The summed E-state index contributed by atoms with van der Waals surface area (Å²) in [6, 6.07) is 26.7. The molecule has 1 atom stereocenters. The summed E-state index contributed by atoms with van der Waals surface area (Å²) in [6.45, 7) is 2.21. The second-order valence-electron chi connectivity index (χ2n) is 7.00. The van der Waals surface area contributed by atoms with Crippen LogP contribution in [0.3, 0.4) is 0 Å². The van der Waals surface area contributed by atoms with Crippen LogP contribution in [0.2, 0.25) is 0 Å². The van der Waals surface area contributed by atoms with Crippen LogP contribution in [0.25, 0.3) is 0 Å². The van der Waals surface area contributed by atoms with Gasteiger partial charge in [0, 0.05) is 5.56 Å². The molecule has 0 aromatic heterocycles. The zero-order chi connectivity index (χ0) is 22.2. The fourth-order valence-corrected chi connectivity index (χ4v) is 3.85. The predicted octanol–water partition coefficient (Wildman–Crippen LogP) is 5.26. The van der Waals surface area contributed by atoms with Gasteiger partial charge in [-0.15, -0.1) is 10.2 Å². The van der Waals surface area contributed by atoms with E-state index < -0.39 is 0 Å². The molecule has 1 N–H and O–H groups in total. The summed E-state index contributed by atoms with van der Waals surface area (Å²) in [7, 11) is 0. The molecular weight excluding hydrogens is 422 g/mol. The number of para-hydroxylation sites is 2. The SMILES string of the molecule is CCC1S/C(=N\N=C(/COc2ccccc2)c2ccc(Oc3ccccc3)cc2)NC1=O. The van der Waals surface area contributed by atoms with Gasteiger partial charge in [0.15, 0.2) is 5.17 Å². The van der Waals surface area contributed by atoms with Crippen LogP contribution in [-0.4, -0.2) is 28.6 Å². The first-order valence-corrected chi connectivity index (χ1v) is 11.2. The molecule has 1 saturated heterocycles. The second-order valence-corrected chi connectivity index (χ2v) is 8.19. The van der Waals surface area contributed by atoms with E-state index >= 15 is 0 Å². The summed E-state index contributed by atoms with van der Waals surface area (Å²) in [6.07, 6.45) is 0.742. The summed E-state index contributed by atoms with van der Waals surface area (Å²) in [5, 5.41) is 11.8. The Hall–Kier alpha value is -3.58. The number of carbonyl (C=O) groups is 1.